The van der Waals surface area contributed by atoms with Gasteiger partial charge < -0.3 is 4.74 Å². The first-order valence-electron chi connectivity index (χ1n) is 26.1. The van der Waals surface area contributed by atoms with Crippen LogP contribution in [-0.4, -0.2) is 14.1 Å². The third-order valence-electron chi connectivity index (χ3n) is 10.6. The zero-order valence-corrected chi connectivity index (χ0v) is 32.6. The van der Waals surface area contributed by atoms with Gasteiger partial charge in [-0.3, -0.25) is 13.7 Å². The lowest BCUT2D eigenvalue weighted by atomic mass is 9.78. The highest BCUT2D eigenvalue weighted by atomic mass is 16.5. The highest BCUT2D eigenvalue weighted by Crippen LogP contribution is 2.39. The minimum Gasteiger partial charge on any atom is -0.458 e. The van der Waals surface area contributed by atoms with Crippen LogP contribution in [0.25, 0.3) is 72.3 Å². The van der Waals surface area contributed by atoms with Crippen LogP contribution in [0.15, 0.2) is 188 Å². The van der Waals surface area contributed by atoms with E-state index in [-0.39, 0.29) is 57.6 Å². The van der Waals surface area contributed by atoms with E-state index in [0.29, 0.717) is 39.3 Å². The molecular weight excluding hydrogens is 721 g/mol. The van der Waals surface area contributed by atoms with Crippen molar-refractivity contribution in [2.75, 3.05) is 0 Å². The molecule has 1 unspecified atom stereocenters. The Morgan fingerprint density at radius 3 is 2.05 bits per heavy atom. The van der Waals surface area contributed by atoms with Crippen LogP contribution in [0, 0.1) is 11.7 Å². The zero-order chi connectivity index (χ0) is 52.3. The standard InChI is InChI=1S/C54H44N4O/c1-37(54(2,3)4)40-31-32-55-52(33-40)58-48-26-12-11-23-46(48)47-30-29-43(35-51(47)58)59-42-22-15-21-41(34-42)56-36-57(50-28-14-13-27-49(50)56)53-44(38-17-7-5-8-18-38)24-16-25-45(53)39-19-9-6-10-20-39/h5-35,37H,1-4H3/i5D,6D,7D,8D,9D,10D,17D,18D,19D,20D,31D,32D,33D,37D. The van der Waals surface area contributed by atoms with Crippen LogP contribution in [0.2, 0.25) is 0 Å². The summed E-state index contributed by atoms with van der Waals surface area (Å²) in [6.07, 6.45) is 3.05. The van der Waals surface area contributed by atoms with Crippen molar-refractivity contribution in [1.82, 2.24) is 14.1 Å². The van der Waals surface area contributed by atoms with Crippen molar-refractivity contribution in [3.63, 3.8) is 0 Å². The smallest absolute Gasteiger partial charge is 0.269 e. The van der Waals surface area contributed by atoms with Crippen LogP contribution in [0.5, 0.6) is 11.5 Å². The van der Waals surface area contributed by atoms with Gasteiger partial charge in [0.25, 0.3) is 6.33 Å². The monoisotopic (exact) mass is 778 g/mol. The molecule has 1 atom stereocenters. The Bertz CT molecular complexity index is 3820. The summed E-state index contributed by atoms with van der Waals surface area (Å²) in [5, 5.41) is 1.67. The predicted molar refractivity (Wildman–Crippen MR) is 241 cm³/mol. The molecular formula is C54H44N4O. The Morgan fingerprint density at radius 1 is 0.678 bits per heavy atom. The SMILES string of the molecule is [2H]c1nc(-n2c3ccccc3c3ccc(Oc4cccc(-n5[c-][n+](-c6c(-c7c([2H])c([2H])c([2H])c([2H])c7[2H])cccc6-c6c([2H])c([2H])c([2H])c([2H])c6[2H])c6ccccc65)c4)cc32)c([2H])c(C([2H])(C)C(C)(C)C)c1[2H]. The molecule has 10 aromatic rings. The van der Waals surface area contributed by atoms with Crippen LogP contribution in [-0.2, 0) is 0 Å². The first kappa shape index (κ1) is 23.9. The molecule has 0 spiro atoms. The van der Waals surface area contributed by atoms with Gasteiger partial charge in [0, 0.05) is 24.4 Å². The Balaban J connectivity index is 1.15. The van der Waals surface area contributed by atoms with Gasteiger partial charge in [-0.05, 0) is 87.6 Å². The molecule has 5 nitrogen and oxygen atoms in total. The van der Waals surface area contributed by atoms with E-state index in [1.165, 1.54) is 0 Å². The molecule has 0 aliphatic rings. The van der Waals surface area contributed by atoms with Crippen molar-refractivity contribution in [3.8, 4) is 50.9 Å². The molecule has 0 radical (unpaired) electrons. The van der Waals surface area contributed by atoms with Crippen molar-refractivity contribution in [3.05, 3.63) is 200 Å². The number of pyridine rings is 1. The first-order valence-corrected chi connectivity index (χ1v) is 19.1. The molecule has 0 saturated heterocycles. The van der Waals surface area contributed by atoms with E-state index in [0.717, 1.165) is 10.8 Å². The van der Waals surface area contributed by atoms with Crippen LogP contribution in [0.4, 0.5) is 0 Å². The fourth-order valence-corrected chi connectivity index (χ4v) is 7.41. The number of hydrogen-bond acceptors (Lipinski definition) is 2. The summed E-state index contributed by atoms with van der Waals surface area (Å²) in [6, 6.07) is 26.3. The molecule has 5 heteroatoms. The van der Waals surface area contributed by atoms with E-state index in [2.05, 4.69) is 11.3 Å². The number of imidazole rings is 1. The zero-order valence-electron chi connectivity index (χ0n) is 46.6. The summed E-state index contributed by atoms with van der Waals surface area (Å²) in [7, 11) is 0. The van der Waals surface area contributed by atoms with E-state index in [4.69, 9.17) is 21.2 Å². The normalized spacial score (nSPS) is 16.2. The predicted octanol–water partition coefficient (Wildman–Crippen LogP) is 13.5. The summed E-state index contributed by atoms with van der Waals surface area (Å²) in [4.78, 5) is 4.50. The molecule has 3 aromatic heterocycles. The molecule has 0 amide bonds. The molecule has 59 heavy (non-hydrogen) atoms. The summed E-state index contributed by atoms with van der Waals surface area (Å²) in [5.41, 5.74) is 2.43. The fourth-order valence-electron chi connectivity index (χ4n) is 7.41. The molecule has 0 N–H and O–H groups in total. The quantitative estimate of drug-likeness (QED) is 0.114. The second kappa shape index (κ2) is 14.6. The minimum atomic E-state index is -1.42. The maximum Gasteiger partial charge on any atom is 0.269 e. The van der Waals surface area contributed by atoms with E-state index in [9.17, 15) is 2.74 Å². The average Bonchev–Trinajstić information content (AvgIpc) is 3.91. The number of para-hydroxylation sites is 4. The van der Waals surface area contributed by atoms with E-state index in [1.54, 1.807) is 69.2 Å². The van der Waals surface area contributed by atoms with Gasteiger partial charge in [0.05, 0.1) is 51.3 Å². The Morgan fingerprint density at radius 2 is 1.32 bits per heavy atom. The third-order valence-corrected chi connectivity index (χ3v) is 10.6. The molecule has 7 aromatic carbocycles. The highest BCUT2D eigenvalue weighted by molar-refractivity contribution is 6.09. The van der Waals surface area contributed by atoms with E-state index < -0.39 is 71.7 Å². The summed E-state index contributed by atoms with van der Waals surface area (Å²) in [6.45, 7) is 7.27. The van der Waals surface area contributed by atoms with E-state index >= 15 is 0 Å². The van der Waals surface area contributed by atoms with Gasteiger partial charge in [-0.15, -0.1) is 0 Å². The molecule has 0 aliphatic carbocycles. The second-order valence-electron chi connectivity index (χ2n) is 15.1. The van der Waals surface area contributed by atoms with Crippen molar-refractivity contribution >= 4 is 32.8 Å². The lowest BCUT2D eigenvalue weighted by Gasteiger charge is -2.27. The Kier molecular flexibility index (Phi) is 5.91. The maximum absolute atomic E-state index is 9.47. The van der Waals surface area contributed by atoms with Crippen LogP contribution < -0.4 is 9.30 Å². The largest absolute Gasteiger partial charge is 0.458 e. The molecule has 0 aliphatic heterocycles. The van der Waals surface area contributed by atoms with Gasteiger partial charge >= 0.3 is 0 Å². The average molecular weight is 779 g/mol. The number of hydrogen-bond donors (Lipinski definition) is 0. The van der Waals surface area contributed by atoms with Gasteiger partial charge in [-0.1, -0.05) is 155 Å². The number of aromatic nitrogens is 4. The summed E-state index contributed by atoms with van der Waals surface area (Å²) in [5.74, 6) is -0.499. The second-order valence-corrected chi connectivity index (χ2v) is 15.1. The fraction of sp³-hybridized carbons (Fsp3) is 0.111. The van der Waals surface area contributed by atoms with Gasteiger partial charge in [-0.2, -0.15) is 0 Å². The van der Waals surface area contributed by atoms with Crippen molar-refractivity contribution in [1.29, 1.82) is 0 Å². The number of ether oxygens (including phenoxy) is 1. The molecule has 10 rings (SSSR count). The molecule has 0 bridgehead atoms. The van der Waals surface area contributed by atoms with Crippen LogP contribution >= 0.6 is 0 Å². The highest BCUT2D eigenvalue weighted by Gasteiger charge is 2.24. The van der Waals surface area contributed by atoms with Gasteiger partial charge in [0.15, 0.2) is 0 Å². The first-order chi connectivity index (χ1) is 34.5. The Labute approximate surface area is 364 Å². The van der Waals surface area contributed by atoms with Gasteiger partial charge in [0.2, 0.25) is 0 Å². The van der Waals surface area contributed by atoms with Gasteiger partial charge in [-0.25, -0.2) is 4.98 Å². The van der Waals surface area contributed by atoms with Crippen molar-refractivity contribution < 1.29 is 28.5 Å². The van der Waals surface area contributed by atoms with Crippen LogP contribution in [0.3, 0.4) is 0 Å². The molecule has 3 heterocycles. The number of nitrogens with zero attached hydrogens (tertiary/aromatic N) is 4. The summed E-state index contributed by atoms with van der Waals surface area (Å²) < 4.78 is 135. The van der Waals surface area contributed by atoms with Crippen molar-refractivity contribution in [2.24, 2.45) is 5.41 Å². The third kappa shape index (κ3) is 6.55. The maximum atomic E-state index is 9.47. The molecule has 0 saturated carbocycles. The van der Waals surface area contributed by atoms with Gasteiger partial charge in [0.1, 0.15) is 17.3 Å². The van der Waals surface area contributed by atoms with Crippen LogP contribution in [0.1, 0.15) is 58.3 Å². The molecule has 286 valence electrons. The minimum absolute atomic E-state index is 0.101. The molecule has 0 fully saturated rings. The lowest BCUT2D eigenvalue weighted by molar-refractivity contribution is -0.571. The van der Waals surface area contributed by atoms with Crippen molar-refractivity contribution in [2.45, 2.75) is 33.6 Å². The number of benzene rings is 7. The number of fused-ring (bicyclic) bond motifs is 4. The topological polar surface area (TPSA) is 35.9 Å². The number of rotatable bonds is 8. The lowest BCUT2D eigenvalue weighted by Crippen LogP contribution is -2.31. The van der Waals surface area contributed by atoms with E-state index in [1.807, 2.05) is 81.4 Å². The Hall–Kier alpha value is -7.24. The summed E-state index contributed by atoms with van der Waals surface area (Å²) >= 11 is 0.